The molecule has 4 aromatic rings. The molecule has 1 N–H and O–H groups in total. The Hall–Kier alpha value is -3.74. The molecule has 0 aliphatic rings. The minimum absolute atomic E-state index is 0.272. The first-order valence-electron chi connectivity index (χ1n) is 9.29. The number of rotatable bonds is 6. The smallest absolute Gasteiger partial charge is 0.255 e. The summed E-state index contributed by atoms with van der Waals surface area (Å²) in [5.41, 5.74) is 1.62. The van der Waals surface area contributed by atoms with Crippen molar-refractivity contribution in [1.29, 1.82) is 0 Å². The Bertz CT molecular complexity index is 1210. The summed E-state index contributed by atoms with van der Waals surface area (Å²) in [5.74, 6) is -0.660. The molecular formula is C22H19FN4O2. The Morgan fingerprint density at radius 2 is 1.83 bits per heavy atom. The third-order valence-electron chi connectivity index (χ3n) is 4.66. The number of halogens is 1. The first kappa shape index (κ1) is 18.6. The van der Waals surface area contributed by atoms with E-state index in [0.717, 1.165) is 17.3 Å². The zero-order valence-electron chi connectivity index (χ0n) is 15.6. The van der Waals surface area contributed by atoms with Crippen molar-refractivity contribution in [3.63, 3.8) is 0 Å². The molecule has 0 saturated carbocycles. The van der Waals surface area contributed by atoms with Crippen molar-refractivity contribution in [3.8, 4) is 5.69 Å². The zero-order valence-corrected chi connectivity index (χ0v) is 15.6. The Kier molecular flexibility index (Phi) is 5.20. The van der Waals surface area contributed by atoms with E-state index < -0.39 is 0 Å². The van der Waals surface area contributed by atoms with E-state index >= 15 is 0 Å². The Balaban J connectivity index is 1.39. The zero-order chi connectivity index (χ0) is 20.2. The van der Waals surface area contributed by atoms with Gasteiger partial charge in [-0.2, -0.15) is 5.10 Å². The van der Waals surface area contributed by atoms with Gasteiger partial charge in [0.15, 0.2) is 0 Å². The van der Waals surface area contributed by atoms with Gasteiger partial charge in [0.05, 0.1) is 17.3 Å². The monoisotopic (exact) mass is 390 g/mol. The van der Waals surface area contributed by atoms with Crippen LogP contribution in [0.2, 0.25) is 0 Å². The second-order valence-electron chi connectivity index (χ2n) is 6.64. The largest absolute Gasteiger partial charge is 0.352 e. The predicted octanol–water partition coefficient (Wildman–Crippen LogP) is 3.15. The van der Waals surface area contributed by atoms with E-state index in [1.807, 2.05) is 35.1 Å². The molecule has 146 valence electrons. The lowest BCUT2D eigenvalue weighted by Crippen LogP contribution is -2.27. The van der Waals surface area contributed by atoms with Gasteiger partial charge >= 0.3 is 0 Å². The van der Waals surface area contributed by atoms with Crippen molar-refractivity contribution in [2.75, 3.05) is 6.54 Å². The van der Waals surface area contributed by atoms with Crippen LogP contribution in [0.1, 0.15) is 16.8 Å². The summed E-state index contributed by atoms with van der Waals surface area (Å²) < 4.78 is 16.4. The number of carbonyl (C=O) groups excluding carboxylic acids is 1. The molecule has 2 aromatic heterocycles. The number of hydrogen-bond donors (Lipinski definition) is 1. The quantitative estimate of drug-likeness (QED) is 0.514. The molecular weight excluding hydrogens is 371 g/mol. The molecule has 6 nitrogen and oxygen atoms in total. The summed E-state index contributed by atoms with van der Waals surface area (Å²) in [6.45, 7) is 1.16. The van der Waals surface area contributed by atoms with Gasteiger partial charge in [-0.1, -0.05) is 18.2 Å². The third-order valence-corrected chi connectivity index (χ3v) is 4.66. The number of aryl methyl sites for hydroxylation is 1. The second-order valence-corrected chi connectivity index (χ2v) is 6.64. The van der Waals surface area contributed by atoms with Crippen LogP contribution in [0, 0.1) is 5.82 Å². The van der Waals surface area contributed by atoms with E-state index in [1.54, 1.807) is 0 Å². The van der Waals surface area contributed by atoms with Crippen LogP contribution in [0.25, 0.3) is 16.6 Å². The molecule has 0 fully saturated rings. The maximum atomic E-state index is 13.1. The van der Waals surface area contributed by atoms with Crippen LogP contribution in [0.4, 0.5) is 4.39 Å². The fraction of sp³-hybridized carbons (Fsp3) is 0.136. The van der Waals surface area contributed by atoms with Gasteiger partial charge in [-0.3, -0.25) is 18.8 Å². The number of para-hydroxylation sites is 1. The molecule has 2 aromatic carbocycles. The van der Waals surface area contributed by atoms with Crippen LogP contribution in [0.15, 0.2) is 77.9 Å². The van der Waals surface area contributed by atoms with Crippen molar-refractivity contribution in [3.05, 3.63) is 94.8 Å². The second kappa shape index (κ2) is 8.10. The third kappa shape index (κ3) is 4.08. The Morgan fingerprint density at radius 3 is 2.66 bits per heavy atom. The molecule has 0 unspecified atom stereocenters. The average Bonchev–Trinajstić information content (AvgIpc) is 3.15. The highest BCUT2D eigenvalue weighted by Crippen LogP contribution is 2.13. The fourth-order valence-corrected chi connectivity index (χ4v) is 3.16. The van der Waals surface area contributed by atoms with E-state index in [0.29, 0.717) is 24.3 Å². The van der Waals surface area contributed by atoms with Gasteiger partial charge in [-0.15, -0.1) is 0 Å². The van der Waals surface area contributed by atoms with Gasteiger partial charge in [0.1, 0.15) is 5.82 Å². The number of nitrogens with zero attached hydrogens (tertiary/aromatic N) is 3. The molecule has 0 spiro atoms. The number of fused-ring (bicyclic) bond motifs is 1. The standard InChI is InChI=1S/C22H19FN4O2/c23-18-7-9-19(10-8-18)26-15-17(6-11-21(26)28)22(29)24-12-3-13-27-20-5-2-1-4-16(20)14-25-27/h1-2,4-11,14-15H,3,12-13H2,(H,24,29). The first-order valence-corrected chi connectivity index (χ1v) is 9.29. The van der Waals surface area contributed by atoms with Crippen LogP contribution in [-0.2, 0) is 6.54 Å². The minimum atomic E-state index is -0.388. The summed E-state index contributed by atoms with van der Waals surface area (Å²) in [6.07, 6.45) is 4.01. The summed E-state index contributed by atoms with van der Waals surface area (Å²) >= 11 is 0. The van der Waals surface area contributed by atoms with Crippen LogP contribution < -0.4 is 10.9 Å². The van der Waals surface area contributed by atoms with Gasteiger partial charge in [0, 0.05) is 36.4 Å². The van der Waals surface area contributed by atoms with Crippen molar-refractivity contribution in [1.82, 2.24) is 19.7 Å². The Morgan fingerprint density at radius 1 is 1.03 bits per heavy atom. The van der Waals surface area contributed by atoms with Crippen LogP contribution in [0.3, 0.4) is 0 Å². The number of hydrogen-bond acceptors (Lipinski definition) is 3. The van der Waals surface area contributed by atoms with Crippen LogP contribution in [0.5, 0.6) is 0 Å². The minimum Gasteiger partial charge on any atom is -0.352 e. The molecule has 29 heavy (non-hydrogen) atoms. The average molecular weight is 390 g/mol. The van der Waals surface area contributed by atoms with Crippen LogP contribution >= 0.6 is 0 Å². The Labute approximate surface area is 166 Å². The molecule has 0 aliphatic heterocycles. The van der Waals surface area contributed by atoms with Crippen molar-refractivity contribution >= 4 is 16.8 Å². The van der Waals surface area contributed by atoms with E-state index in [-0.39, 0.29) is 17.3 Å². The number of carbonyl (C=O) groups is 1. The molecule has 0 bridgehead atoms. The van der Waals surface area contributed by atoms with Gasteiger partial charge in [-0.05, 0) is 42.8 Å². The fourth-order valence-electron chi connectivity index (χ4n) is 3.16. The van der Waals surface area contributed by atoms with Crippen molar-refractivity contribution < 1.29 is 9.18 Å². The highest BCUT2D eigenvalue weighted by Gasteiger charge is 2.09. The first-order chi connectivity index (χ1) is 14.1. The van der Waals surface area contributed by atoms with Crippen molar-refractivity contribution in [2.24, 2.45) is 0 Å². The SMILES string of the molecule is O=C(NCCCn1ncc2ccccc21)c1ccc(=O)n(-c2ccc(F)cc2)c1. The highest BCUT2D eigenvalue weighted by atomic mass is 19.1. The molecule has 1 amide bonds. The number of nitrogens with one attached hydrogen (secondary N) is 1. The molecule has 7 heteroatoms. The maximum Gasteiger partial charge on any atom is 0.255 e. The number of amides is 1. The number of benzene rings is 2. The lowest BCUT2D eigenvalue weighted by atomic mass is 10.2. The lowest BCUT2D eigenvalue weighted by Gasteiger charge is -2.09. The number of pyridine rings is 1. The normalized spacial score (nSPS) is 10.9. The van der Waals surface area contributed by atoms with E-state index in [2.05, 4.69) is 10.4 Å². The predicted molar refractivity (Wildman–Crippen MR) is 109 cm³/mol. The maximum absolute atomic E-state index is 13.1. The van der Waals surface area contributed by atoms with E-state index in [1.165, 1.54) is 47.2 Å². The molecule has 0 radical (unpaired) electrons. The summed E-state index contributed by atoms with van der Waals surface area (Å²) in [7, 11) is 0. The van der Waals surface area contributed by atoms with Gasteiger partial charge in [0.25, 0.3) is 11.5 Å². The molecule has 0 atom stereocenters. The highest BCUT2D eigenvalue weighted by molar-refractivity contribution is 5.93. The van der Waals surface area contributed by atoms with Gasteiger partial charge in [-0.25, -0.2) is 4.39 Å². The summed E-state index contributed by atoms with van der Waals surface area (Å²) in [6, 6.07) is 16.3. The summed E-state index contributed by atoms with van der Waals surface area (Å²) in [5, 5.41) is 8.31. The van der Waals surface area contributed by atoms with Gasteiger partial charge < -0.3 is 5.32 Å². The van der Waals surface area contributed by atoms with E-state index in [9.17, 15) is 14.0 Å². The molecule has 0 saturated heterocycles. The lowest BCUT2D eigenvalue weighted by molar-refractivity contribution is 0.0952. The summed E-state index contributed by atoms with van der Waals surface area (Å²) in [4.78, 5) is 24.6. The molecule has 4 rings (SSSR count). The van der Waals surface area contributed by atoms with Crippen molar-refractivity contribution in [2.45, 2.75) is 13.0 Å². The van der Waals surface area contributed by atoms with E-state index in [4.69, 9.17) is 0 Å². The molecule has 0 aliphatic carbocycles. The molecule has 2 heterocycles. The van der Waals surface area contributed by atoms with Gasteiger partial charge in [0.2, 0.25) is 0 Å². The van der Waals surface area contributed by atoms with Crippen LogP contribution in [-0.4, -0.2) is 26.8 Å². The topological polar surface area (TPSA) is 68.9 Å². The number of aromatic nitrogens is 3.